The van der Waals surface area contributed by atoms with Crippen molar-refractivity contribution >= 4 is 26.9 Å². The van der Waals surface area contributed by atoms with Crippen LogP contribution in [0.5, 0.6) is 0 Å². The topological polar surface area (TPSA) is 34.4 Å². The average Bonchev–Trinajstić information content (AvgIpc) is 2.68. The van der Waals surface area contributed by atoms with Crippen LogP contribution in [-0.4, -0.2) is 20.3 Å². The van der Waals surface area contributed by atoms with Crippen LogP contribution in [0.1, 0.15) is 11.1 Å². The molecule has 17 heavy (non-hydrogen) atoms. The molecule has 92 valence electrons. The molecule has 0 saturated carbocycles. The van der Waals surface area contributed by atoms with E-state index in [2.05, 4.69) is 40.3 Å². The van der Waals surface area contributed by atoms with Gasteiger partial charge in [-0.1, -0.05) is 0 Å². The number of nitrogens with one attached hydrogen (secondary N) is 1. The van der Waals surface area contributed by atoms with Crippen molar-refractivity contribution in [2.24, 2.45) is 0 Å². The van der Waals surface area contributed by atoms with Crippen molar-refractivity contribution in [3.05, 3.63) is 34.0 Å². The summed E-state index contributed by atoms with van der Waals surface area (Å²) in [6.07, 6.45) is 1.81. The minimum Gasteiger partial charge on any atom is -0.463 e. The van der Waals surface area contributed by atoms with E-state index in [9.17, 15) is 0 Å². The Kier molecular flexibility index (Phi) is 4.20. The average molecular weight is 298 g/mol. The molecule has 1 aromatic carbocycles. The quantitative estimate of drug-likeness (QED) is 0.861. The van der Waals surface area contributed by atoms with Crippen molar-refractivity contribution in [3.8, 4) is 0 Å². The van der Waals surface area contributed by atoms with Gasteiger partial charge < -0.3 is 14.5 Å². The number of benzene rings is 1. The molecule has 1 N–H and O–H groups in total. The monoisotopic (exact) mass is 297 g/mol. The van der Waals surface area contributed by atoms with Gasteiger partial charge in [0.15, 0.2) is 0 Å². The highest BCUT2D eigenvalue weighted by molar-refractivity contribution is 9.10. The summed E-state index contributed by atoms with van der Waals surface area (Å²) >= 11 is 3.52. The van der Waals surface area contributed by atoms with E-state index >= 15 is 0 Å². The maximum Gasteiger partial charge on any atom is 0.148 e. The van der Waals surface area contributed by atoms with Crippen LogP contribution in [0.15, 0.2) is 27.3 Å². The van der Waals surface area contributed by atoms with Gasteiger partial charge in [0, 0.05) is 31.1 Å². The molecule has 0 aliphatic carbocycles. The first kappa shape index (κ1) is 12.6. The Morgan fingerprint density at radius 1 is 1.41 bits per heavy atom. The Balaban J connectivity index is 2.18. The molecule has 0 amide bonds. The summed E-state index contributed by atoms with van der Waals surface area (Å²) in [5, 5.41) is 4.49. The van der Waals surface area contributed by atoms with Crippen molar-refractivity contribution in [2.45, 2.75) is 13.5 Å². The van der Waals surface area contributed by atoms with E-state index in [1.54, 1.807) is 7.11 Å². The summed E-state index contributed by atoms with van der Waals surface area (Å²) in [7, 11) is 1.70. The predicted octanol–water partition coefficient (Wildman–Crippen LogP) is 3.24. The molecule has 3 nitrogen and oxygen atoms in total. The molecule has 0 saturated heterocycles. The summed E-state index contributed by atoms with van der Waals surface area (Å²) in [5.41, 5.74) is 3.32. The first-order chi connectivity index (χ1) is 8.22. The van der Waals surface area contributed by atoms with Gasteiger partial charge in [0.25, 0.3) is 0 Å². The number of hydrogen-bond donors (Lipinski definition) is 1. The largest absolute Gasteiger partial charge is 0.463 e. The van der Waals surface area contributed by atoms with Gasteiger partial charge in [0.05, 0.1) is 17.3 Å². The number of ether oxygens (including phenoxy) is 1. The van der Waals surface area contributed by atoms with Crippen LogP contribution in [0.4, 0.5) is 0 Å². The van der Waals surface area contributed by atoms with Gasteiger partial charge in [-0.05, 0) is 40.5 Å². The van der Waals surface area contributed by atoms with Crippen LogP contribution < -0.4 is 5.32 Å². The second-order valence-electron chi connectivity index (χ2n) is 4.05. The van der Waals surface area contributed by atoms with Gasteiger partial charge >= 0.3 is 0 Å². The molecule has 2 aromatic rings. The molecule has 1 heterocycles. The Hall–Kier alpha value is -0.840. The molecule has 0 spiro atoms. The van der Waals surface area contributed by atoms with Gasteiger partial charge in [-0.15, -0.1) is 0 Å². The summed E-state index contributed by atoms with van der Waals surface area (Å²) in [5.74, 6) is 0. The Labute approximate surface area is 109 Å². The third kappa shape index (κ3) is 2.89. The third-order valence-corrected chi connectivity index (χ3v) is 3.24. The molecule has 0 bridgehead atoms. The van der Waals surface area contributed by atoms with Gasteiger partial charge in [-0.3, -0.25) is 0 Å². The van der Waals surface area contributed by atoms with Crippen LogP contribution in [0.2, 0.25) is 0 Å². The number of methoxy groups -OCH3 is 1. The lowest BCUT2D eigenvalue weighted by Gasteiger charge is -2.03. The minimum atomic E-state index is 0.721. The van der Waals surface area contributed by atoms with E-state index in [1.807, 2.05) is 6.26 Å². The SMILES string of the molecule is COCCNCc1coc2c(Br)cc(C)cc12. The molecular weight excluding hydrogens is 282 g/mol. The predicted molar refractivity (Wildman–Crippen MR) is 72.2 cm³/mol. The lowest BCUT2D eigenvalue weighted by Crippen LogP contribution is -2.18. The lowest BCUT2D eigenvalue weighted by molar-refractivity contribution is 0.199. The van der Waals surface area contributed by atoms with Crippen LogP contribution in [0.25, 0.3) is 11.0 Å². The molecule has 0 radical (unpaired) electrons. The van der Waals surface area contributed by atoms with Crippen LogP contribution >= 0.6 is 15.9 Å². The highest BCUT2D eigenvalue weighted by Crippen LogP contribution is 2.29. The van der Waals surface area contributed by atoms with E-state index in [0.717, 1.165) is 29.8 Å². The molecule has 0 fully saturated rings. The normalized spacial score (nSPS) is 11.2. The fourth-order valence-electron chi connectivity index (χ4n) is 1.81. The molecule has 0 aliphatic rings. The molecule has 0 aliphatic heterocycles. The summed E-state index contributed by atoms with van der Waals surface area (Å²) in [4.78, 5) is 0. The van der Waals surface area contributed by atoms with Crippen LogP contribution in [0, 0.1) is 6.92 Å². The van der Waals surface area contributed by atoms with Gasteiger partial charge in [0.1, 0.15) is 5.58 Å². The highest BCUT2D eigenvalue weighted by Gasteiger charge is 2.09. The van der Waals surface area contributed by atoms with E-state index in [-0.39, 0.29) is 0 Å². The number of furan rings is 1. The Bertz CT molecular complexity index is 507. The maximum absolute atomic E-state index is 5.57. The molecule has 0 atom stereocenters. The number of hydrogen-bond acceptors (Lipinski definition) is 3. The van der Waals surface area contributed by atoms with Crippen molar-refractivity contribution in [1.29, 1.82) is 0 Å². The minimum absolute atomic E-state index is 0.721. The maximum atomic E-state index is 5.57. The van der Waals surface area contributed by atoms with Crippen molar-refractivity contribution < 1.29 is 9.15 Å². The summed E-state index contributed by atoms with van der Waals surface area (Å²) in [6.45, 7) is 4.44. The number of aryl methyl sites for hydroxylation is 1. The van der Waals surface area contributed by atoms with Crippen LogP contribution in [0.3, 0.4) is 0 Å². The second kappa shape index (κ2) is 5.67. The zero-order valence-electron chi connectivity index (χ0n) is 10.0. The molecular formula is C13H16BrNO2. The zero-order chi connectivity index (χ0) is 12.3. The number of rotatable bonds is 5. The van der Waals surface area contributed by atoms with Gasteiger partial charge in [-0.2, -0.15) is 0 Å². The van der Waals surface area contributed by atoms with Gasteiger partial charge in [-0.25, -0.2) is 0 Å². The number of halogens is 1. The lowest BCUT2D eigenvalue weighted by atomic mass is 10.1. The molecule has 4 heteroatoms. The standard InChI is InChI=1S/C13H16BrNO2/c1-9-5-11-10(7-15-3-4-16-2)8-17-13(11)12(14)6-9/h5-6,8,15H,3-4,7H2,1-2H3. The van der Waals surface area contributed by atoms with Gasteiger partial charge in [0.2, 0.25) is 0 Å². The number of fused-ring (bicyclic) bond motifs is 1. The first-order valence-corrected chi connectivity index (χ1v) is 6.37. The zero-order valence-corrected chi connectivity index (χ0v) is 11.6. The van der Waals surface area contributed by atoms with E-state index in [4.69, 9.17) is 9.15 Å². The van der Waals surface area contributed by atoms with Crippen molar-refractivity contribution in [1.82, 2.24) is 5.32 Å². The first-order valence-electron chi connectivity index (χ1n) is 5.58. The second-order valence-corrected chi connectivity index (χ2v) is 4.91. The summed E-state index contributed by atoms with van der Waals surface area (Å²) in [6, 6.07) is 4.21. The molecule has 1 aromatic heterocycles. The van der Waals surface area contributed by atoms with E-state index in [1.165, 1.54) is 16.5 Å². The fourth-order valence-corrected chi connectivity index (χ4v) is 2.48. The van der Waals surface area contributed by atoms with Crippen molar-refractivity contribution in [2.75, 3.05) is 20.3 Å². The molecule has 0 unspecified atom stereocenters. The third-order valence-electron chi connectivity index (χ3n) is 2.65. The fraction of sp³-hybridized carbons (Fsp3) is 0.385. The highest BCUT2D eigenvalue weighted by atomic mass is 79.9. The van der Waals surface area contributed by atoms with E-state index < -0.39 is 0 Å². The van der Waals surface area contributed by atoms with Crippen molar-refractivity contribution in [3.63, 3.8) is 0 Å². The van der Waals surface area contributed by atoms with E-state index in [0.29, 0.717) is 0 Å². The van der Waals surface area contributed by atoms with Crippen LogP contribution in [-0.2, 0) is 11.3 Å². The Morgan fingerprint density at radius 3 is 3.00 bits per heavy atom. The molecule has 2 rings (SSSR count). The summed E-state index contributed by atoms with van der Waals surface area (Å²) < 4.78 is 11.6. The smallest absolute Gasteiger partial charge is 0.148 e. The Morgan fingerprint density at radius 2 is 2.24 bits per heavy atom.